The molecule has 0 saturated carbocycles. The van der Waals surface area contributed by atoms with Crippen molar-refractivity contribution in [2.75, 3.05) is 25.6 Å². The van der Waals surface area contributed by atoms with Crippen LogP contribution in [0.3, 0.4) is 0 Å². The maximum absolute atomic E-state index is 12.6. The molecule has 2 aromatic rings. The molecule has 0 spiro atoms. The monoisotopic (exact) mass is 573 g/mol. The van der Waals surface area contributed by atoms with Gasteiger partial charge in [-0.15, -0.1) is 11.3 Å². The van der Waals surface area contributed by atoms with E-state index in [1.165, 1.54) is 13.2 Å². The predicted molar refractivity (Wildman–Crippen MR) is 127 cm³/mol. The van der Waals surface area contributed by atoms with E-state index in [1.54, 1.807) is 32.9 Å². The number of anilines is 1. The molecule has 1 amide bonds. The van der Waals surface area contributed by atoms with Crippen LogP contribution in [0.25, 0.3) is 6.08 Å². The zero-order chi connectivity index (χ0) is 23.1. The Bertz CT molecular complexity index is 1030. The molecule has 7 nitrogen and oxygen atoms in total. The van der Waals surface area contributed by atoms with Crippen molar-refractivity contribution >= 4 is 72.1 Å². The summed E-state index contributed by atoms with van der Waals surface area (Å²) in [6.07, 6.45) is 2.89. The van der Waals surface area contributed by atoms with Gasteiger partial charge in [0.25, 0.3) is 0 Å². The van der Waals surface area contributed by atoms with Crippen LogP contribution in [0, 0.1) is 6.92 Å². The number of halogens is 2. The zero-order valence-electron chi connectivity index (χ0n) is 17.3. The number of carbonyl (C=O) groups excluding carboxylic acids is 3. The first-order chi connectivity index (χ1) is 14.7. The predicted octanol–water partition coefficient (Wildman–Crippen LogP) is 5.60. The minimum Gasteiger partial charge on any atom is -0.495 e. The maximum atomic E-state index is 12.6. The van der Waals surface area contributed by atoms with Crippen molar-refractivity contribution in [3.05, 3.63) is 48.7 Å². The Labute approximate surface area is 201 Å². The third-order valence-corrected chi connectivity index (χ3v) is 6.21. The first-order valence-corrected chi connectivity index (χ1v) is 11.6. The lowest BCUT2D eigenvalue weighted by Crippen LogP contribution is -2.13. The van der Waals surface area contributed by atoms with E-state index in [2.05, 4.69) is 37.2 Å². The summed E-state index contributed by atoms with van der Waals surface area (Å²) in [6.45, 7) is 5.34. The van der Waals surface area contributed by atoms with E-state index in [0.29, 0.717) is 16.9 Å². The lowest BCUT2D eigenvalue weighted by molar-refractivity contribution is -0.111. The van der Waals surface area contributed by atoms with Crippen LogP contribution in [0.15, 0.2) is 27.2 Å². The van der Waals surface area contributed by atoms with E-state index in [-0.39, 0.29) is 28.7 Å². The van der Waals surface area contributed by atoms with Crippen molar-refractivity contribution in [3.8, 4) is 5.75 Å². The summed E-state index contributed by atoms with van der Waals surface area (Å²) >= 11 is 7.78. The van der Waals surface area contributed by atoms with Gasteiger partial charge >= 0.3 is 11.9 Å². The highest BCUT2D eigenvalue weighted by atomic mass is 79.9. The Balaban J connectivity index is 2.36. The van der Waals surface area contributed by atoms with Crippen molar-refractivity contribution in [3.63, 3.8) is 0 Å². The number of thiophene rings is 1. The number of ether oxygens (including phenoxy) is 3. The molecule has 0 aliphatic heterocycles. The highest BCUT2D eigenvalue weighted by molar-refractivity contribution is 9.11. The Hall–Kier alpha value is -2.17. The average Bonchev–Trinajstić information content (AvgIpc) is 3.02. The molecule has 0 bridgehead atoms. The highest BCUT2D eigenvalue weighted by Gasteiger charge is 2.27. The second-order valence-electron chi connectivity index (χ2n) is 6.03. The smallest absolute Gasteiger partial charge is 0.348 e. The molecule has 0 atom stereocenters. The number of methoxy groups -OCH3 is 1. The van der Waals surface area contributed by atoms with Gasteiger partial charge in [-0.05, 0) is 60.5 Å². The molecule has 2 rings (SSSR count). The Morgan fingerprint density at radius 2 is 1.74 bits per heavy atom. The Morgan fingerprint density at radius 1 is 1.10 bits per heavy atom. The molecule has 0 fully saturated rings. The Morgan fingerprint density at radius 3 is 2.35 bits per heavy atom. The molecule has 0 aliphatic carbocycles. The number of esters is 2. The summed E-state index contributed by atoms with van der Waals surface area (Å²) in [5.41, 5.74) is 1.21. The molecular formula is C21H21Br2NO6S. The van der Waals surface area contributed by atoms with Gasteiger partial charge in [0.05, 0.1) is 30.4 Å². The summed E-state index contributed by atoms with van der Waals surface area (Å²) in [5, 5.41) is 2.88. The lowest BCUT2D eigenvalue weighted by Gasteiger charge is -2.08. The van der Waals surface area contributed by atoms with E-state index in [4.69, 9.17) is 14.2 Å². The summed E-state index contributed by atoms with van der Waals surface area (Å²) < 4.78 is 17.0. The number of carbonyl (C=O) groups is 3. The number of benzene rings is 1. The molecule has 1 heterocycles. The van der Waals surface area contributed by atoms with E-state index in [9.17, 15) is 14.4 Å². The number of hydrogen-bond acceptors (Lipinski definition) is 7. The normalized spacial score (nSPS) is 10.8. The van der Waals surface area contributed by atoms with Gasteiger partial charge in [-0.25, -0.2) is 9.59 Å². The fourth-order valence-corrected chi connectivity index (χ4v) is 5.19. The SMILES string of the molecule is CCOC(=O)c1sc(NC(=O)/C=C/c2cc(Br)cc(Br)c2OC)c(C(=O)OCC)c1C. The van der Waals surface area contributed by atoms with Crippen LogP contribution in [0.1, 0.15) is 45.0 Å². The fraction of sp³-hybridized carbons (Fsp3) is 0.286. The molecule has 0 saturated heterocycles. The molecule has 31 heavy (non-hydrogen) atoms. The highest BCUT2D eigenvalue weighted by Crippen LogP contribution is 2.35. The van der Waals surface area contributed by atoms with Gasteiger partial charge in [0.1, 0.15) is 15.6 Å². The second-order valence-corrected chi connectivity index (χ2v) is 8.82. The van der Waals surface area contributed by atoms with Gasteiger partial charge in [0.2, 0.25) is 5.91 Å². The van der Waals surface area contributed by atoms with E-state index in [0.717, 1.165) is 20.3 Å². The van der Waals surface area contributed by atoms with E-state index < -0.39 is 17.8 Å². The van der Waals surface area contributed by atoms with Crippen LogP contribution in [0.2, 0.25) is 0 Å². The third-order valence-electron chi connectivity index (χ3n) is 3.98. The molecule has 1 aromatic heterocycles. The number of nitrogens with one attached hydrogen (secondary N) is 1. The van der Waals surface area contributed by atoms with Gasteiger partial charge < -0.3 is 19.5 Å². The number of amides is 1. The topological polar surface area (TPSA) is 90.9 Å². The summed E-state index contributed by atoms with van der Waals surface area (Å²) in [5.74, 6) is -1.10. The molecule has 0 radical (unpaired) electrons. The quantitative estimate of drug-likeness (QED) is 0.326. The minimum atomic E-state index is -0.622. The second kappa shape index (κ2) is 11.4. The number of rotatable bonds is 8. The molecule has 0 unspecified atom stereocenters. The summed E-state index contributed by atoms with van der Waals surface area (Å²) in [4.78, 5) is 37.5. The number of hydrogen-bond donors (Lipinski definition) is 1. The average molecular weight is 575 g/mol. The molecule has 1 aromatic carbocycles. The van der Waals surface area contributed by atoms with Crippen LogP contribution in [-0.2, 0) is 14.3 Å². The zero-order valence-corrected chi connectivity index (χ0v) is 21.3. The van der Waals surface area contributed by atoms with Crippen LogP contribution in [0.5, 0.6) is 5.75 Å². The van der Waals surface area contributed by atoms with Crippen molar-refractivity contribution < 1.29 is 28.6 Å². The van der Waals surface area contributed by atoms with Crippen LogP contribution >= 0.6 is 43.2 Å². The molecule has 10 heteroatoms. The standard InChI is InChI=1S/C21H21Br2NO6S/c1-5-29-20(26)16-11(3)18(21(27)30-6-2)31-19(16)24-15(25)8-7-12-9-13(22)10-14(23)17(12)28-4/h7-10H,5-6H2,1-4H3,(H,24,25)/b8-7+. The van der Waals surface area contributed by atoms with E-state index >= 15 is 0 Å². The lowest BCUT2D eigenvalue weighted by atomic mass is 10.1. The fourth-order valence-electron chi connectivity index (χ4n) is 2.68. The van der Waals surface area contributed by atoms with Crippen molar-refractivity contribution in [2.24, 2.45) is 0 Å². The maximum Gasteiger partial charge on any atom is 0.348 e. The van der Waals surface area contributed by atoms with Crippen LogP contribution < -0.4 is 10.1 Å². The largest absolute Gasteiger partial charge is 0.495 e. The first kappa shape index (κ1) is 25.1. The van der Waals surface area contributed by atoms with Crippen molar-refractivity contribution in [2.45, 2.75) is 20.8 Å². The van der Waals surface area contributed by atoms with Crippen molar-refractivity contribution in [1.82, 2.24) is 0 Å². The van der Waals surface area contributed by atoms with Gasteiger partial charge in [0, 0.05) is 16.1 Å². The molecule has 166 valence electrons. The summed E-state index contributed by atoms with van der Waals surface area (Å²) in [7, 11) is 1.53. The third kappa shape index (κ3) is 6.18. The molecular weight excluding hydrogens is 554 g/mol. The van der Waals surface area contributed by atoms with Gasteiger partial charge in [-0.2, -0.15) is 0 Å². The van der Waals surface area contributed by atoms with Crippen LogP contribution in [0.4, 0.5) is 5.00 Å². The minimum absolute atomic E-state index is 0.138. The van der Waals surface area contributed by atoms with E-state index in [1.807, 2.05) is 6.07 Å². The van der Waals surface area contributed by atoms with Gasteiger partial charge in [-0.1, -0.05) is 15.9 Å². The molecule has 0 aliphatic rings. The van der Waals surface area contributed by atoms with Gasteiger partial charge in [-0.3, -0.25) is 4.79 Å². The van der Waals surface area contributed by atoms with Crippen molar-refractivity contribution in [1.29, 1.82) is 0 Å². The Kier molecular flexibility index (Phi) is 9.27. The van der Waals surface area contributed by atoms with Gasteiger partial charge in [0.15, 0.2) is 0 Å². The first-order valence-electron chi connectivity index (χ1n) is 9.23. The molecule has 1 N–H and O–H groups in total. The summed E-state index contributed by atoms with van der Waals surface area (Å²) in [6, 6.07) is 3.62. The van der Waals surface area contributed by atoms with Crippen LogP contribution in [-0.4, -0.2) is 38.2 Å².